The Kier molecular flexibility index (Phi) is 12.4. The van der Waals surface area contributed by atoms with E-state index in [9.17, 15) is 4.79 Å². The fraction of sp³-hybridized carbons (Fsp3) is 0.133. The van der Waals surface area contributed by atoms with Crippen molar-refractivity contribution in [3.05, 3.63) is 73.6 Å². The van der Waals surface area contributed by atoms with Crippen LogP contribution in [0.2, 0.25) is 0 Å². The standard InChI is InChI=1S/3C4H5N.C3H7NO/c3*1-2-4-5-3-1;1-4(2)3-5/h3*1-5H;3H,1-2H3. The molecule has 3 rings (SSSR count). The average molecular weight is 274 g/mol. The van der Waals surface area contributed by atoms with Gasteiger partial charge in [0, 0.05) is 51.3 Å². The second-order valence-electron chi connectivity index (χ2n) is 3.72. The molecular formula is C15H22N4O. The second-order valence-corrected chi connectivity index (χ2v) is 3.72. The Hall–Kier alpha value is -2.69. The maximum atomic E-state index is 9.43. The molecule has 0 aliphatic carbocycles. The van der Waals surface area contributed by atoms with Crippen LogP contribution in [0.1, 0.15) is 0 Å². The van der Waals surface area contributed by atoms with E-state index in [1.165, 1.54) is 4.90 Å². The largest absolute Gasteiger partial charge is 0.368 e. The van der Waals surface area contributed by atoms with Crippen molar-refractivity contribution < 1.29 is 4.79 Å². The zero-order valence-electron chi connectivity index (χ0n) is 11.9. The minimum Gasteiger partial charge on any atom is -0.368 e. The van der Waals surface area contributed by atoms with E-state index in [1.807, 2.05) is 73.6 Å². The summed E-state index contributed by atoms with van der Waals surface area (Å²) in [6, 6.07) is 11.7. The van der Waals surface area contributed by atoms with Gasteiger partial charge in [0.1, 0.15) is 0 Å². The van der Waals surface area contributed by atoms with Gasteiger partial charge in [0.25, 0.3) is 0 Å². The van der Waals surface area contributed by atoms with Gasteiger partial charge in [0.2, 0.25) is 6.41 Å². The summed E-state index contributed by atoms with van der Waals surface area (Å²) in [7, 11) is 3.38. The van der Waals surface area contributed by atoms with Crippen LogP contribution in [0, 0.1) is 0 Å². The van der Waals surface area contributed by atoms with Crippen LogP contribution in [0.25, 0.3) is 0 Å². The number of H-pyrrole nitrogens is 3. The zero-order valence-corrected chi connectivity index (χ0v) is 11.9. The highest BCUT2D eigenvalue weighted by atomic mass is 16.1. The highest BCUT2D eigenvalue weighted by Crippen LogP contribution is 1.73. The molecule has 0 unspecified atom stereocenters. The molecule has 0 aliphatic rings. The first-order valence-electron chi connectivity index (χ1n) is 6.12. The molecule has 0 saturated heterocycles. The molecule has 0 aromatic carbocycles. The first kappa shape index (κ1) is 17.3. The van der Waals surface area contributed by atoms with Crippen LogP contribution in [0.15, 0.2) is 73.6 Å². The quantitative estimate of drug-likeness (QED) is 0.587. The monoisotopic (exact) mass is 274 g/mol. The fourth-order valence-corrected chi connectivity index (χ4v) is 0.833. The molecular weight excluding hydrogens is 252 g/mol. The second kappa shape index (κ2) is 14.4. The first-order valence-corrected chi connectivity index (χ1v) is 6.12. The predicted molar refractivity (Wildman–Crippen MR) is 82.1 cm³/mol. The fourth-order valence-electron chi connectivity index (χ4n) is 0.833. The molecule has 0 radical (unpaired) electrons. The molecule has 5 nitrogen and oxygen atoms in total. The lowest BCUT2D eigenvalue weighted by Gasteiger charge is -1.93. The predicted octanol–water partition coefficient (Wildman–Crippen LogP) is 2.75. The Morgan fingerprint density at radius 3 is 0.900 bits per heavy atom. The van der Waals surface area contributed by atoms with Gasteiger partial charge >= 0.3 is 0 Å². The molecule has 108 valence electrons. The van der Waals surface area contributed by atoms with Gasteiger partial charge in [-0.2, -0.15) is 0 Å². The maximum absolute atomic E-state index is 9.43. The molecule has 0 spiro atoms. The Morgan fingerprint density at radius 2 is 0.850 bits per heavy atom. The Labute approximate surface area is 119 Å². The van der Waals surface area contributed by atoms with Gasteiger partial charge in [-0.3, -0.25) is 4.79 Å². The molecule has 0 fully saturated rings. The smallest absolute Gasteiger partial charge is 0.209 e. The molecule has 3 aromatic heterocycles. The van der Waals surface area contributed by atoms with Gasteiger partial charge in [-0.25, -0.2) is 0 Å². The summed E-state index contributed by atoms with van der Waals surface area (Å²) in [6.45, 7) is 0. The summed E-state index contributed by atoms with van der Waals surface area (Å²) >= 11 is 0. The van der Waals surface area contributed by atoms with E-state index < -0.39 is 0 Å². The molecule has 0 aliphatic heterocycles. The number of carbonyl (C=O) groups excluding carboxylic acids is 1. The highest BCUT2D eigenvalue weighted by molar-refractivity contribution is 5.45. The third kappa shape index (κ3) is 15.3. The number of carbonyl (C=O) groups is 1. The van der Waals surface area contributed by atoms with Crippen LogP contribution >= 0.6 is 0 Å². The van der Waals surface area contributed by atoms with E-state index in [0.29, 0.717) is 0 Å². The van der Waals surface area contributed by atoms with Crippen molar-refractivity contribution in [1.82, 2.24) is 19.9 Å². The van der Waals surface area contributed by atoms with Crippen molar-refractivity contribution in [2.75, 3.05) is 14.1 Å². The number of hydrogen-bond donors (Lipinski definition) is 3. The number of rotatable bonds is 1. The molecule has 5 heteroatoms. The minimum absolute atomic E-state index is 0.750. The van der Waals surface area contributed by atoms with Crippen LogP contribution in [-0.4, -0.2) is 40.4 Å². The Morgan fingerprint density at radius 1 is 0.650 bits per heavy atom. The summed E-state index contributed by atoms with van der Waals surface area (Å²) in [4.78, 5) is 19.5. The van der Waals surface area contributed by atoms with Gasteiger partial charge in [-0.15, -0.1) is 0 Å². The van der Waals surface area contributed by atoms with Gasteiger partial charge in [-0.05, 0) is 36.4 Å². The number of hydrogen-bond acceptors (Lipinski definition) is 1. The van der Waals surface area contributed by atoms with Crippen LogP contribution < -0.4 is 0 Å². The third-order valence-electron chi connectivity index (χ3n) is 1.70. The lowest BCUT2D eigenvalue weighted by molar-refractivity contribution is -0.115. The van der Waals surface area contributed by atoms with Crippen LogP contribution in [0.5, 0.6) is 0 Å². The first-order chi connectivity index (χ1) is 9.77. The number of aromatic amines is 3. The number of nitrogens with zero attached hydrogens (tertiary/aromatic N) is 1. The SMILES string of the molecule is CN(C)C=O.c1cc[nH]c1.c1cc[nH]c1.c1cc[nH]c1. The van der Waals surface area contributed by atoms with E-state index in [-0.39, 0.29) is 0 Å². The maximum Gasteiger partial charge on any atom is 0.209 e. The van der Waals surface area contributed by atoms with Crippen molar-refractivity contribution in [2.45, 2.75) is 0 Å². The molecule has 1 amide bonds. The summed E-state index contributed by atoms with van der Waals surface area (Å²) in [6.07, 6.45) is 12.0. The molecule has 20 heavy (non-hydrogen) atoms. The van der Waals surface area contributed by atoms with E-state index in [2.05, 4.69) is 15.0 Å². The van der Waals surface area contributed by atoms with Crippen molar-refractivity contribution in [2.24, 2.45) is 0 Å². The van der Waals surface area contributed by atoms with Crippen molar-refractivity contribution in [1.29, 1.82) is 0 Å². The van der Waals surface area contributed by atoms with Gasteiger partial charge in [0.15, 0.2) is 0 Å². The van der Waals surface area contributed by atoms with E-state index in [1.54, 1.807) is 14.1 Å². The normalized spacial score (nSPS) is 7.70. The summed E-state index contributed by atoms with van der Waals surface area (Å²) in [5.41, 5.74) is 0. The number of nitrogens with one attached hydrogen (secondary N) is 3. The lowest BCUT2D eigenvalue weighted by atomic mass is 10.7. The van der Waals surface area contributed by atoms with Crippen LogP contribution in [0.3, 0.4) is 0 Å². The van der Waals surface area contributed by atoms with E-state index >= 15 is 0 Å². The van der Waals surface area contributed by atoms with Crippen molar-refractivity contribution >= 4 is 6.41 Å². The minimum atomic E-state index is 0.750. The zero-order chi connectivity index (χ0) is 14.9. The van der Waals surface area contributed by atoms with Gasteiger partial charge in [-0.1, -0.05) is 0 Å². The third-order valence-corrected chi connectivity index (χ3v) is 1.70. The Balaban J connectivity index is 0.000000241. The number of amides is 1. The van der Waals surface area contributed by atoms with E-state index in [0.717, 1.165) is 6.41 Å². The van der Waals surface area contributed by atoms with Crippen LogP contribution in [-0.2, 0) is 4.79 Å². The highest BCUT2D eigenvalue weighted by Gasteiger charge is 1.68. The summed E-state index contributed by atoms with van der Waals surface area (Å²) < 4.78 is 0. The average Bonchev–Trinajstić information content (AvgIpc) is 3.27. The van der Waals surface area contributed by atoms with Crippen molar-refractivity contribution in [3.8, 4) is 0 Å². The van der Waals surface area contributed by atoms with E-state index in [4.69, 9.17) is 0 Å². The summed E-state index contributed by atoms with van der Waals surface area (Å²) in [5, 5.41) is 0. The van der Waals surface area contributed by atoms with Gasteiger partial charge in [0.05, 0.1) is 0 Å². The topological polar surface area (TPSA) is 67.7 Å². The molecule has 3 N–H and O–H groups in total. The summed E-state index contributed by atoms with van der Waals surface area (Å²) in [5.74, 6) is 0. The van der Waals surface area contributed by atoms with Crippen molar-refractivity contribution in [3.63, 3.8) is 0 Å². The molecule has 3 aromatic rings. The van der Waals surface area contributed by atoms with Gasteiger partial charge < -0.3 is 19.9 Å². The molecule has 3 heterocycles. The number of aromatic nitrogens is 3. The molecule has 0 bridgehead atoms. The lowest BCUT2D eigenvalue weighted by Crippen LogP contribution is -2.06. The van der Waals surface area contributed by atoms with Crippen LogP contribution in [0.4, 0.5) is 0 Å². The Bertz CT molecular complexity index is 330. The molecule has 0 atom stereocenters. The molecule has 0 saturated carbocycles.